The summed E-state index contributed by atoms with van der Waals surface area (Å²) in [6.07, 6.45) is 8.99. The number of phenolic OH excluding ortho intramolecular Hbond substituents is 3. The first-order chi connectivity index (χ1) is 27.0. The Hall–Kier alpha value is -3.06. The number of phenols is 3. The van der Waals surface area contributed by atoms with Crippen LogP contribution in [0.1, 0.15) is 187 Å². The van der Waals surface area contributed by atoms with Gasteiger partial charge in [-0.1, -0.05) is 80.5 Å². The lowest BCUT2D eigenvalue weighted by atomic mass is 9.72. The number of hydrogen-bond donors (Lipinski definition) is 3. The lowest BCUT2D eigenvalue weighted by molar-refractivity contribution is -0.0427. The van der Waals surface area contributed by atoms with Crippen molar-refractivity contribution in [1.29, 1.82) is 0 Å². The third-order valence-electron chi connectivity index (χ3n) is 15.8. The smallest absolute Gasteiger partial charge is 0.122 e. The number of rotatable bonds is 18. The minimum Gasteiger partial charge on any atom is -0.507 e. The van der Waals surface area contributed by atoms with Crippen molar-refractivity contribution in [3.05, 3.63) is 85.0 Å². The molecule has 3 N–H and O–H groups in total. The molecule has 0 amide bonds. The van der Waals surface area contributed by atoms with Gasteiger partial charge < -0.3 is 15.3 Å². The van der Waals surface area contributed by atoms with Crippen molar-refractivity contribution in [2.24, 2.45) is 0 Å². The Morgan fingerprint density at radius 2 is 0.579 bits per heavy atom. The molecule has 1 heterocycles. The summed E-state index contributed by atoms with van der Waals surface area (Å²) in [6.45, 7) is 37.6. The molecule has 1 aliphatic heterocycles. The van der Waals surface area contributed by atoms with E-state index in [0.717, 1.165) is 131 Å². The van der Waals surface area contributed by atoms with Gasteiger partial charge in [-0.3, -0.25) is 14.7 Å². The molecule has 0 atom stereocenters. The Morgan fingerprint density at radius 3 is 0.754 bits per heavy atom. The SMILES string of the molecule is CCC(CC)(CC)c1cc(C)c(CN2CN(Cc3c(C)cc(C(CC)(CC)CC)c(O)c3C)CN(Cc3c(C)cc(C(CC)(CC)CC)c(O)c3C)C2)c(C)c1O. The molecule has 1 saturated heterocycles. The fourth-order valence-electron chi connectivity index (χ4n) is 10.9. The number of aromatic hydroxyl groups is 3. The molecule has 6 nitrogen and oxygen atoms in total. The minimum atomic E-state index is -0.0272. The molecule has 3 aromatic rings. The van der Waals surface area contributed by atoms with Crippen LogP contribution in [-0.4, -0.2) is 50.0 Å². The van der Waals surface area contributed by atoms with Crippen molar-refractivity contribution in [3.8, 4) is 17.2 Å². The van der Waals surface area contributed by atoms with Gasteiger partial charge in [0.1, 0.15) is 17.2 Å². The van der Waals surface area contributed by atoms with Crippen LogP contribution in [0.15, 0.2) is 18.2 Å². The van der Waals surface area contributed by atoms with Crippen molar-refractivity contribution in [2.45, 2.75) is 198 Å². The summed E-state index contributed by atoms with van der Waals surface area (Å²) >= 11 is 0. The largest absolute Gasteiger partial charge is 0.507 e. The van der Waals surface area contributed by atoms with E-state index in [9.17, 15) is 15.3 Å². The third-order valence-corrected chi connectivity index (χ3v) is 15.8. The van der Waals surface area contributed by atoms with Gasteiger partial charge >= 0.3 is 0 Å². The second kappa shape index (κ2) is 18.9. The second-order valence-electron chi connectivity index (χ2n) is 18.0. The summed E-state index contributed by atoms with van der Waals surface area (Å²) < 4.78 is 0. The molecule has 3 aromatic carbocycles. The summed E-state index contributed by atoms with van der Waals surface area (Å²) in [7, 11) is 0. The first-order valence-corrected chi connectivity index (χ1v) is 22.6. The molecule has 0 bridgehead atoms. The van der Waals surface area contributed by atoms with Gasteiger partial charge in [0.25, 0.3) is 0 Å². The van der Waals surface area contributed by atoms with Gasteiger partial charge in [0, 0.05) is 36.3 Å². The molecule has 6 heteroatoms. The van der Waals surface area contributed by atoms with Crippen molar-refractivity contribution >= 4 is 0 Å². The molecular weight excluding hydrogens is 703 g/mol. The van der Waals surface area contributed by atoms with Crippen LogP contribution < -0.4 is 0 Å². The van der Waals surface area contributed by atoms with Gasteiger partial charge in [-0.2, -0.15) is 0 Å². The zero-order valence-electron chi connectivity index (χ0n) is 39.0. The molecule has 0 spiro atoms. The zero-order valence-corrected chi connectivity index (χ0v) is 39.0. The topological polar surface area (TPSA) is 70.4 Å². The molecular formula is C51H81N3O3. The van der Waals surface area contributed by atoms with Gasteiger partial charge in [-0.05, 0) is 166 Å². The van der Waals surface area contributed by atoms with Crippen LogP contribution in [-0.2, 0) is 35.9 Å². The Balaban J connectivity index is 1.79. The predicted octanol–water partition coefficient (Wildman–Crippen LogP) is 12.7. The molecule has 1 aliphatic rings. The van der Waals surface area contributed by atoms with Crippen LogP contribution >= 0.6 is 0 Å². The van der Waals surface area contributed by atoms with E-state index in [-0.39, 0.29) is 16.2 Å². The van der Waals surface area contributed by atoms with Gasteiger partial charge in [0.05, 0.1) is 20.0 Å². The zero-order chi connectivity index (χ0) is 42.6. The molecule has 0 radical (unpaired) electrons. The summed E-state index contributed by atoms with van der Waals surface area (Å²) in [6, 6.07) is 6.81. The monoisotopic (exact) mass is 784 g/mol. The van der Waals surface area contributed by atoms with E-state index in [2.05, 4.69) is 137 Å². The van der Waals surface area contributed by atoms with Crippen molar-refractivity contribution in [3.63, 3.8) is 0 Å². The molecule has 0 aliphatic carbocycles. The fraction of sp³-hybridized carbons (Fsp3) is 0.647. The number of hydrogen-bond acceptors (Lipinski definition) is 6. The third kappa shape index (κ3) is 8.66. The lowest BCUT2D eigenvalue weighted by Crippen LogP contribution is -2.54. The van der Waals surface area contributed by atoms with Crippen LogP contribution in [0, 0.1) is 41.5 Å². The van der Waals surface area contributed by atoms with E-state index in [1.54, 1.807) is 0 Å². The highest BCUT2D eigenvalue weighted by molar-refractivity contribution is 5.54. The highest BCUT2D eigenvalue weighted by Gasteiger charge is 2.35. The van der Waals surface area contributed by atoms with Crippen LogP contribution in [0.5, 0.6) is 17.2 Å². The standard InChI is InChI=1S/C51H81N3O3/c1-16-49(17-2,18-3)43-25-34(10)40(37(13)46(43)55)28-52-31-53(29-41-35(11)26-44(47(56)38(41)14)50(19-4,20-5)21-6)33-54(32-52)30-42-36(12)27-45(48(57)39(42)15)51(22-7,23-8)24-9/h25-27,55-57H,16-24,28-33H2,1-15H3. The first kappa shape index (κ1) is 46.6. The summed E-state index contributed by atoms with van der Waals surface area (Å²) in [5, 5.41) is 35.4. The molecule has 0 unspecified atom stereocenters. The molecule has 4 rings (SSSR count). The maximum atomic E-state index is 11.8. The quantitative estimate of drug-likeness (QED) is 0.119. The summed E-state index contributed by atoms with van der Waals surface area (Å²) in [5.41, 5.74) is 13.5. The maximum Gasteiger partial charge on any atom is 0.122 e. The molecule has 0 saturated carbocycles. The Bertz CT molecular complexity index is 1610. The van der Waals surface area contributed by atoms with Gasteiger partial charge in [0.2, 0.25) is 0 Å². The Labute approximate surface area is 348 Å². The van der Waals surface area contributed by atoms with Crippen LogP contribution in [0.3, 0.4) is 0 Å². The fourth-order valence-corrected chi connectivity index (χ4v) is 10.9. The molecule has 1 fully saturated rings. The van der Waals surface area contributed by atoms with Crippen LogP contribution in [0.25, 0.3) is 0 Å². The van der Waals surface area contributed by atoms with Crippen molar-refractivity contribution < 1.29 is 15.3 Å². The Kier molecular flexibility index (Phi) is 15.5. The van der Waals surface area contributed by atoms with Crippen LogP contribution in [0.4, 0.5) is 0 Å². The van der Waals surface area contributed by atoms with E-state index in [1.807, 2.05) is 0 Å². The second-order valence-corrected chi connectivity index (χ2v) is 18.0. The van der Waals surface area contributed by atoms with Crippen molar-refractivity contribution in [2.75, 3.05) is 20.0 Å². The highest BCUT2D eigenvalue weighted by Crippen LogP contribution is 2.46. The lowest BCUT2D eigenvalue weighted by Gasteiger charge is -2.44. The van der Waals surface area contributed by atoms with E-state index >= 15 is 0 Å². The number of aryl methyl sites for hydroxylation is 3. The number of benzene rings is 3. The highest BCUT2D eigenvalue weighted by atomic mass is 16.3. The average Bonchev–Trinajstić information content (AvgIpc) is 3.21. The summed E-state index contributed by atoms with van der Waals surface area (Å²) in [4.78, 5) is 7.53. The molecule has 57 heavy (non-hydrogen) atoms. The molecule has 318 valence electrons. The van der Waals surface area contributed by atoms with Gasteiger partial charge in [0.15, 0.2) is 0 Å². The van der Waals surface area contributed by atoms with Gasteiger partial charge in [-0.25, -0.2) is 0 Å². The van der Waals surface area contributed by atoms with Crippen molar-refractivity contribution in [1.82, 2.24) is 14.7 Å². The summed E-state index contributed by atoms with van der Waals surface area (Å²) in [5.74, 6) is 1.38. The first-order valence-electron chi connectivity index (χ1n) is 22.6. The average molecular weight is 784 g/mol. The van der Waals surface area contributed by atoms with E-state index < -0.39 is 0 Å². The predicted molar refractivity (Wildman–Crippen MR) is 242 cm³/mol. The maximum absolute atomic E-state index is 11.8. The van der Waals surface area contributed by atoms with E-state index in [4.69, 9.17) is 0 Å². The van der Waals surface area contributed by atoms with Crippen LogP contribution in [0.2, 0.25) is 0 Å². The number of nitrogens with zero attached hydrogens (tertiary/aromatic N) is 3. The van der Waals surface area contributed by atoms with E-state index in [1.165, 1.54) is 33.4 Å². The molecule has 0 aromatic heterocycles. The minimum absolute atomic E-state index is 0.0272. The van der Waals surface area contributed by atoms with E-state index in [0.29, 0.717) is 17.2 Å². The van der Waals surface area contributed by atoms with Gasteiger partial charge in [-0.15, -0.1) is 0 Å². The normalized spacial score (nSPS) is 15.2. The Morgan fingerprint density at radius 1 is 0.386 bits per heavy atom.